The highest BCUT2D eigenvalue weighted by Crippen LogP contribution is 2.21. The van der Waals surface area contributed by atoms with Crippen molar-refractivity contribution in [3.8, 4) is 0 Å². The monoisotopic (exact) mass is 234 g/mol. The Kier molecular flexibility index (Phi) is 3.61. The van der Waals surface area contributed by atoms with Crippen molar-refractivity contribution in [1.82, 2.24) is 4.98 Å². The zero-order valence-corrected chi connectivity index (χ0v) is 10.1. The summed E-state index contributed by atoms with van der Waals surface area (Å²) in [6, 6.07) is 3.65. The molecule has 1 aromatic heterocycles. The number of rotatable bonds is 3. The molecule has 4 heteroatoms. The number of hydrogen-bond acceptors (Lipinski definition) is 3. The Balaban J connectivity index is 2.11. The summed E-state index contributed by atoms with van der Waals surface area (Å²) in [5.74, 6) is -0.212. The lowest BCUT2D eigenvalue weighted by atomic mass is 9.95. The van der Waals surface area contributed by atoms with Crippen LogP contribution in [0.15, 0.2) is 12.1 Å². The Morgan fingerprint density at radius 1 is 1.35 bits per heavy atom. The fourth-order valence-corrected chi connectivity index (χ4v) is 2.32. The van der Waals surface area contributed by atoms with E-state index in [2.05, 4.69) is 10.3 Å². The Bertz CT molecular complexity index is 412. The van der Waals surface area contributed by atoms with Crippen LogP contribution in [0, 0.1) is 6.92 Å². The Morgan fingerprint density at radius 3 is 2.71 bits per heavy atom. The molecule has 17 heavy (non-hydrogen) atoms. The van der Waals surface area contributed by atoms with Crippen LogP contribution in [-0.4, -0.2) is 22.1 Å². The van der Waals surface area contributed by atoms with Gasteiger partial charge in [0.15, 0.2) is 0 Å². The molecule has 0 bridgehead atoms. The second-order valence-electron chi connectivity index (χ2n) is 4.67. The van der Waals surface area contributed by atoms with Crippen molar-refractivity contribution in [2.24, 2.45) is 0 Å². The molecule has 0 spiro atoms. The van der Waals surface area contributed by atoms with E-state index in [9.17, 15) is 4.79 Å². The number of anilines is 1. The van der Waals surface area contributed by atoms with Crippen LogP contribution in [0.3, 0.4) is 0 Å². The standard InChI is InChI=1S/C13H18N2O2/c1-9-7-10(13(16)17)8-12(14-9)15-11-5-3-2-4-6-11/h7-8,11H,2-6H2,1H3,(H,14,15)(H,16,17). The molecule has 0 saturated heterocycles. The van der Waals surface area contributed by atoms with Crippen molar-refractivity contribution in [2.45, 2.75) is 45.1 Å². The number of aryl methyl sites for hydroxylation is 1. The van der Waals surface area contributed by atoms with E-state index in [1.54, 1.807) is 12.1 Å². The van der Waals surface area contributed by atoms with Gasteiger partial charge in [0, 0.05) is 11.7 Å². The highest BCUT2D eigenvalue weighted by molar-refractivity contribution is 5.88. The maximum atomic E-state index is 10.9. The Hall–Kier alpha value is -1.58. The maximum Gasteiger partial charge on any atom is 0.335 e. The molecular formula is C13H18N2O2. The molecule has 92 valence electrons. The molecule has 1 aliphatic rings. The maximum absolute atomic E-state index is 10.9. The largest absolute Gasteiger partial charge is 0.478 e. The zero-order valence-electron chi connectivity index (χ0n) is 10.1. The Morgan fingerprint density at radius 2 is 2.06 bits per heavy atom. The molecule has 0 aliphatic heterocycles. The number of nitrogens with zero attached hydrogens (tertiary/aromatic N) is 1. The van der Waals surface area contributed by atoms with Gasteiger partial charge in [-0.25, -0.2) is 9.78 Å². The molecule has 2 rings (SSSR count). The van der Waals surface area contributed by atoms with Gasteiger partial charge in [-0.15, -0.1) is 0 Å². The third-order valence-corrected chi connectivity index (χ3v) is 3.16. The molecule has 1 heterocycles. The minimum absolute atomic E-state index is 0.302. The van der Waals surface area contributed by atoms with Crippen molar-refractivity contribution >= 4 is 11.8 Å². The van der Waals surface area contributed by atoms with Gasteiger partial charge in [-0.2, -0.15) is 0 Å². The van der Waals surface area contributed by atoms with Gasteiger partial charge in [0.25, 0.3) is 0 Å². The van der Waals surface area contributed by atoms with Crippen LogP contribution >= 0.6 is 0 Å². The summed E-state index contributed by atoms with van der Waals surface area (Å²) in [5, 5.41) is 12.3. The summed E-state index contributed by atoms with van der Waals surface area (Å²) < 4.78 is 0. The second-order valence-corrected chi connectivity index (χ2v) is 4.67. The third kappa shape index (κ3) is 3.19. The molecule has 0 amide bonds. The molecule has 1 saturated carbocycles. The first-order valence-electron chi connectivity index (χ1n) is 6.13. The number of aromatic carboxylic acids is 1. The Labute approximate surface area is 101 Å². The average Bonchev–Trinajstić information content (AvgIpc) is 2.29. The summed E-state index contributed by atoms with van der Waals surface area (Å²) in [6.07, 6.45) is 6.10. The summed E-state index contributed by atoms with van der Waals surface area (Å²) >= 11 is 0. The van der Waals surface area contributed by atoms with Gasteiger partial charge >= 0.3 is 5.97 Å². The number of aromatic nitrogens is 1. The average molecular weight is 234 g/mol. The molecule has 1 aliphatic carbocycles. The molecule has 0 aromatic carbocycles. The second kappa shape index (κ2) is 5.17. The fraction of sp³-hybridized carbons (Fsp3) is 0.538. The topological polar surface area (TPSA) is 62.2 Å². The number of carbonyl (C=O) groups is 1. The minimum atomic E-state index is -0.901. The number of carboxylic acid groups (broad SMARTS) is 1. The highest BCUT2D eigenvalue weighted by Gasteiger charge is 2.14. The van der Waals surface area contributed by atoms with Crippen molar-refractivity contribution in [2.75, 3.05) is 5.32 Å². The lowest BCUT2D eigenvalue weighted by molar-refractivity contribution is 0.0696. The van der Waals surface area contributed by atoms with E-state index >= 15 is 0 Å². The van der Waals surface area contributed by atoms with E-state index in [1.165, 1.54) is 19.3 Å². The summed E-state index contributed by atoms with van der Waals surface area (Å²) in [5.41, 5.74) is 1.04. The number of hydrogen-bond donors (Lipinski definition) is 2. The normalized spacial score (nSPS) is 16.8. The van der Waals surface area contributed by atoms with E-state index in [4.69, 9.17) is 5.11 Å². The number of carboxylic acids is 1. The summed E-state index contributed by atoms with van der Waals surface area (Å²) in [4.78, 5) is 15.3. The van der Waals surface area contributed by atoms with Crippen molar-refractivity contribution in [3.63, 3.8) is 0 Å². The van der Waals surface area contributed by atoms with Gasteiger partial charge in [0.2, 0.25) is 0 Å². The van der Waals surface area contributed by atoms with Gasteiger partial charge in [-0.05, 0) is 31.9 Å². The lowest BCUT2D eigenvalue weighted by Gasteiger charge is -2.23. The van der Waals surface area contributed by atoms with Crippen molar-refractivity contribution in [1.29, 1.82) is 0 Å². The fourth-order valence-electron chi connectivity index (χ4n) is 2.32. The SMILES string of the molecule is Cc1cc(C(=O)O)cc(NC2CCCCC2)n1. The first kappa shape index (κ1) is 11.9. The van der Waals surface area contributed by atoms with E-state index in [0.717, 1.165) is 18.5 Å². The molecule has 0 atom stereocenters. The van der Waals surface area contributed by atoms with Crippen LogP contribution in [0.5, 0.6) is 0 Å². The predicted molar refractivity (Wildman–Crippen MR) is 66.4 cm³/mol. The summed E-state index contributed by atoms with van der Waals surface area (Å²) in [7, 11) is 0. The van der Waals surface area contributed by atoms with Gasteiger partial charge in [0.05, 0.1) is 5.56 Å². The van der Waals surface area contributed by atoms with Crippen LogP contribution in [0.25, 0.3) is 0 Å². The van der Waals surface area contributed by atoms with Crippen LogP contribution in [0.4, 0.5) is 5.82 Å². The number of nitrogens with one attached hydrogen (secondary N) is 1. The van der Waals surface area contributed by atoms with E-state index in [1.807, 2.05) is 6.92 Å². The minimum Gasteiger partial charge on any atom is -0.478 e. The van der Waals surface area contributed by atoms with Gasteiger partial charge in [-0.1, -0.05) is 19.3 Å². The molecular weight excluding hydrogens is 216 g/mol. The third-order valence-electron chi connectivity index (χ3n) is 3.16. The van der Waals surface area contributed by atoms with Crippen LogP contribution in [0.2, 0.25) is 0 Å². The van der Waals surface area contributed by atoms with Crippen LogP contribution < -0.4 is 5.32 Å². The zero-order chi connectivity index (χ0) is 12.3. The molecule has 0 unspecified atom stereocenters. The molecule has 2 N–H and O–H groups in total. The molecule has 1 fully saturated rings. The number of pyridine rings is 1. The lowest BCUT2D eigenvalue weighted by Crippen LogP contribution is -2.23. The summed E-state index contributed by atoms with van der Waals surface area (Å²) in [6.45, 7) is 1.82. The van der Waals surface area contributed by atoms with Crippen LogP contribution in [-0.2, 0) is 0 Å². The van der Waals surface area contributed by atoms with E-state index in [0.29, 0.717) is 17.4 Å². The predicted octanol–water partition coefficient (Wildman–Crippen LogP) is 2.83. The first-order chi connectivity index (χ1) is 8.15. The van der Waals surface area contributed by atoms with E-state index in [-0.39, 0.29) is 0 Å². The van der Waals surface area contributed by atoms with Crippen molar-refractivity contribution in [3.05, 3.63) is 23.4 Å². The van der Waals surface area contributed by atoms with E-state index < -0.39 is 5.97 Å². The molecule has 4 nitrogen and oxygen atoms in total. The highest BCUT2D eigenvalue weighted by atomic mass is 16.4. The smallest absolute Gasteiger partial charge is 0.335 e. The van der Waals surface area contributed by atoms with Gasteiger partial charge in [0.1, 0.15) is 5.82 Å². The first-order valence-corrected chi connectivity index (χ1v) is 6.13. The van der Waals surface area contributed by atoms with Gasteiger partial charge < -0.3 is 10.4 Å². The quantitative estimate of drug-likeness (QED) is 0.844. The van der Waals surface area contributed by atoms with Crippen molar-refractivity contribution < 1.29 is 9.90 Å². The molecule has 0 radical (unpaired) electrons. The molecule has 1 aromatic rings. The van der Waals surface area contributed by atoms with Gasteiger partial charge in [-0.3, -0.25) is 0 Å². The van der Waals surface area contributed by atoms with Crippen LogP contribution in [0.1, 0.15) is 48.2 Å².